The van der Waals surface area contributed by atoms with Crippen LogP contribution in [0.3, 0.4) is 0 Å². The van der Waals surface area contributed by atoms with Crippen LogP contribution in [0.2, 0.25) is 0 Å². The van der Waals surface area contributed by atoms with Gasteiger partial charge in [-0.25, -0.2) is 4.79 Å². The van der Waals surface area contributed by atoms with E-state index in [4.69, 9.17) is 4.74 Å². The maximum atomic E-state index is 13.8. The van der Waals surface area contributed by atoms with Gasteiger partial charge in [-0.05, 0) is 44.0 Å². The number of amides is 3. The quantitative estimate of drug-likeness (QED) is 0.210. The second-order valence-corrected chi connectivity index (χ2v) is 11.2. The number of aromatic nitrogens is 2. The van der Waals surface area contributed by atoms with Crippen LogP contribution in [0.25, 0.3) is 21.8 Å². The number of hydrogen-bond donors (Lipinski definition) is 5. The second-order valence-electron chi connectivity index (χ2n) is 11.2. The average molecular weight is 554 g/mol. The fraction of sp³-hybridized carbons (Fsp3) is 0.281. The summed E-state index contributed by atoms with van der Waals surface area (Å²) in [5.74, 6) is -0.813. The van der Waals surface area contributed by atoms with E-state index in [9.17, 15) is 14.4 Å². The molecule has 5 N–H and O–H groups in total. The molecule has 0 radical (unpaired) electrons. The van der Waals surface area contributed by atoms with Gasteiger partial charge < -0.3 is 30.7 Å². The third kappa shape index (κ3) is 6.87. The van der Waals surface area contributed by atoms with Crippen LogP contribution in [0.15, 0.2) is 85.2 Å². The van der Waals surface area contributed by atoms with Crippen LogP contribution >= 0.6 is 0 Å². The molecule has 3 amide bonds. The van der Waals surface area contributed by atoms with E-state index in [1.54, 1.807) is 20.8 Å². The van der Waals surface area contributed by atoms with Crippen LogP contribution in [0, 0.1) is 0 Å². The van der Waals surface area contributed by atoms with E-state index in [0.29, 0.717) is 0 Å². The van der Waals surface area contributed by atoms with E-state index in [1.165, 1.54) is 0 Å². The Morgan fingerprint density at radius 3 is 1.83 bits per heavy atom. The molecule has 2 heterocycles. The highest BCUT2D eigenvalue weighted by Crippen LogP contribution is 2.21. The van der Waals surface area contributed by atoms with E-state index in [2.05, 4.69) is 25.9 Å². The van der Waals surface area contributed by atoms with E-state index < -0.39 is 29.7 Å². The first kappa shape index (κ1) is 27.8. The van der Waals surface area contributed by atoms with E-state index >= 15 is 0 Å². The molecule has 2 atom stereocenters. The summed E-state index contributed by atoms with van der Waals surface area (Å²) in [4.78, 5) is 46.6. The van der Waals surface area contributed by atoms with Crippen LogP contribution in [-0.4, -0.2) is 51.6 Å². The summed E-state index contributed by atoms with van der Waals surface area (Å²) in [7, 11) is 0. The minimum Gasteiger partial charge on any atom is -0.444 e. The number of H-pyrrole nitrogens is 2. The molecular formula is C32H35N5O4. The van der Waals surface area contributed by atoms with Gasteiger partial charge in [0.05, 0.1) is 6.04 Å². The smallest absolute Gasteiger partial charge is 0.408 e. The van der Waals surface area contributed by atoms with Crippen molar-refractivity contribution in [1.82, 2.24) is 25.9 Å². The number of fused-ring (bicyclic) bond motifs is 2. The van der Waals surface area contributed by atoms with Crippen molar-refractivity contribution in [2.24, 2.45) is 0 Å². The largest absolute Gasteiger partial charge is 0.444 e. The Morgan fingerprint density at radius 1 is 0.780 bits per heavy atom. The zero-order valence-corrected chi connectivity index (χ0v) is 23.4. The molecule has 41 heavy (non-hydrogen) atoms. The molecule has 9 heteroatoms. The van der Waals surface area contributed by atoms with Crippen molar-refractivity contribution in [3.63, 3.8) is 0 Å². The minimum absolute atomic E-state index is 0.199. The molecule has 4 aromatic rings. The van der Waals surface area contributed by atoms with Crippen molar-refractivity contribution in [2.45, 2.75) is 57.3 Å². The van der Waals surface area contributed by atoms with Crippen molar-refractivity contribution < 1.29 is 19.1 Å². The summed E-state index contributed by atoms with van der Waals surface area (Å²) in [5, 5.41) is 10.6. The normalized spacial score (nSPS) is 14.7. The van der Waals surface area contributed by atoms with Gasteiger partial charge in [-0.1, -0.05) is 60.7 Å². The van der Waals surface area contributed by atoms with Gasteiger partial charge in [-0.3, -0.25) is 9.59 Å². The zero-order chi connectivity index (χ0) is 29.0. The van der Waals surface area contributed by atoms with Crippen molar-refractivity contribution in [2.75, 3.05) is 0 Å². The molecule has 0 saturated carbocycles. The molecule has 1 aliphatic carbocycles. The number of ether oxygens (including phenoxy) is 1. The fourth-order valence-electron chi connectivity index (χ4n) is 4.97. The molecule has 0 spiro atoms. The van der Waals surface area contributed by atoms with Gasteiger partial charge in [-0.2, -0.15) is 0 Å². The van der Waals surface area contributed by atoms with Crippen LogP contribution in [-0.2, 0) is 27.2 Å². The SMILES string of the molecule is CC(C)(C)OC(=O)N[C@@H](Cc1c[nH]c2ccccc12)C(=O)N[C@@H](Cc1c[nH]c2ccccc12)C(=O)NC1C=CC=C1. The predicted molar refractivity (Wildman–Crippen MR) is 159 cm³/mol. The number of aromatic amines is 2. The summed E-state index contributed by atoms with van der Waals surface area (Å²) in [5.41, 5.74) is 2.88. The second kappa shape index (κ2) is 11.8. The zero-order valence-electron chi connectivity index (χ0n) is 23.4. The van der Waals surface area contributed by atoms with Crippen molar-refractivity contribution in [3.05, 3.63) is 96.4 Å². The van der Waals surface area contributed by atoms with Gasteiger partial charge in [0, 0.05) is 47.0 Å². The fourth-order valence-corrected chi connectivity index (χ4v) is 4.97. The number of alkyl carbamates (subject to hydrolysis) is 1. The first-order valence-corrected chi connectivity index (χ1v) is 13.7. The minimum atomic E-state index is -0.992. The molecule has 1 aliphatic rings. The van der Waals surface area contributed by atoms with Crippen LogP contribution in [0.1, 0.15) is 31.9 Å². The van der Waals surface area contributed by atoms with E-state index in [-0.39, 0.29) is 24.8 Å². The maximum absolute atomic E-state index is 13.8. The number of nitrogens with one attached hydrogen (secondary N) is 5. The van der Waals surface area contributed by atoms with Crippen molar-refractivity contribution >= 4 is 39.7 Å². The third-order valence-corrected chi connectivity index (χ3v) is 6.90. The Hall–Kier alpha value is -4.79. The number of hydrogen-bond acceptors (Lipinski definition) is 4. The first-order chi connectivity index (χ1) is 19.7. The maximum Gasteiger partial charge on any atom is 0.408 e. The molecule has 5 rings (SSSR count). The molecular weight excluding hydrogens is 518 g/mol. The molecule has 0 aliphatic heterocycles. The third-order valence-electron chi connectivity index (χ3n) is 6.90. The number of carbonyl (C=O) groups is 3. The van der Waals surface area contributed by atoms with Crippen LogP contribution < -0.4 is 16.0 Å². The Morgan fingerprint density at radius 2 is 1.29 bits per heavy atom. The average Bonchev–Trinajstić information content (AvgIpc) is 3.68. The van der Waals surface area contributed by atoms with Crippen molar-refractivity contribution in [1.29, 1.82) is 0 Å². The molecule has 0 unspecified atom stereocenters. The van der Waals surface area contributed by atoms with Gasteiger partial charge >= 0.3 is 6.09 Å². The Balaban J connectivity index is 1.41. The van der Waals surface area contributed by atoms with E-state index in [0.717, 1.165) is 32.9 Å². The molecule has 2 aromatic heterocycles. The standard InChI is InChI=1S/C32H35N5O4/c1-32(2,3)41-31(40)37-28(17-21-19-34-26-15-9-7-13-24(21)26)30(39)36-27(29(38)35-22-10-4-5-11-22)16-20-18-33-25-14-8-6-12-23(20)25/h4-15,18-19,22,27-28,33-34H,16-17H2,1-3H3,(H,35,38)(H,36,39)(H,37,40)/t27-,28-/m0/s1. The number of para-hydroxylation sites is 2. The Bertz CT molecular complexity index is 1610. The molecule has 9 nitrogen and oxygen atoms in total. The lowest BCUT2D eigenvalue weighted by atomic mass is 10.0. The summed E-state index contributed by atoms with van der Waals surface area (Å²) in [6.07, 6.45) is 10.9. The van der Waals surface area contributed by atoms with E-state index in [1.807, 2.05) is 85.2 Å². The van der Waals surface area contributed by atoms with Crippen molar-refractivity contribution in [3.8, 4) is 0 Å². The molecule has 0 bridgehead atoms. The highest BCUT2D eigenvalue weighted by Gasteiger charge is 2.30. The summed E-state index contributed by atoms with van der Waals surface area (Å²) >= 11 is 0. The predicted octanol–water partition coefficient (Wildman–Crippen LogP) is 4.42. The van der Waals surface area contributed by atoms with Gasteiger partial charge in [0.2, 0.25) is 11.8 Å². The Labute approximate surface area is 238 Å². The highest BCUT2D eigenvalue weighted by molar-refractivity contribution is 5.93. The monoisotopic (exact) mass is 553 g/mol. The lowest BCUT2D eigenvalue weighted by Crippen LogP contribution is -2.56. The molecule has 0 saturated heterocycles. The summed E-state index contributed by atoms with van der Waals surface area (Å²) in [6, 6.07) is 13.4. The summed E-state index contributed by atoms with van der Waals surface area (Å²) < 4.78 is 5.46. The highest BCUT2D eigenvalue weighted by atomic mass is 16.6. The first-order valence-electron chi connectivity index (χ1n) is 13.7. The summed E-state index contributed by atoms with van der Waals surface area (Å²) in [6.45, 7) is 5.28. The number of allylic oxidation sites excluding steroid dienone is 2. The van der Waals surface area contributed by atoms with Gasteiger partial charge in [0.15, 0.2) is 0 Å². The molecule has 0 fully saturated rings. The topological polar surface area (TPSA) is 128 Å². The number of benzene rings is 2. The van der Waals surface area contributed by atoms with Gasteiger partial charge in [0.25, 0.3) is 0 Å². The van der Waals surface area contributed by atoms with Crippen LogP contribution in [0.5, 0.6) is 0 Å². The number of rotatable bonds is 9. The van der Waals surface area contributed by atoms with Crippen LogP contribution in [0.4, 0.5) is 4.79 Å². The van der Waals surface area contributed by atoms with Gasteiger partial charge in [-0.15, -0.1) is 0 Å². The number of carbonyl (C=O) groups excluding carboxylic acids is 3. The lowest BCUT2D eigenvalue weighted by Gasteiger charge is -2.25. The molecule has 212 valence electrons. The lowest BCUT2D eigenvalue weighted by molar-refractivity contribution is -0.130. The Kier molecular flexibility index (Phi) is 7.96. The van der Waals surface area contributed by atoms with Gasteiger partial charge in [0.1, 0.15) is 17.7 Å². The molecule has 2 aromatic carbocycles.